The smallest absolute Gasteiger partial charge is 0.326 e. The molecule has 0 aromatic heterocycles. The number of nitrogens with zero attached hydrogens (tertiary/aromatic N) is 2. The van der Waals surface area contributed by atoms with E-state index in [0.29, 0.717) is 23.4 Å². The minimum Gasteiger partial charge on any atom is -0.480 e. The molecule has 54 heavy (non-hydrogen) atoms. The molecule has 1 heterocycles. The van der Waals surface area contributed by atoms with Crippen molar-refractivity contribution in [3.8, 4) is 0 Å². The quantitative estimate of drug-likeness (QED) is 0.134. The summed E-state index contributed by atoms with van der Waals surface area (Å²) < 4.78 is 27.6. The van der Waals surface area contributed by atoms with Gasteiger partial charge in [0.2, 0.25) is 21.8 Å². The van der Waals surface area contributed by atoms with Crippen LogP contribution in [0.15, 0.2) is 83.8 Å². The van der Waals surface area contributed by atoms with E-state index in [2.05, 4.69) is 16.0 Å². The Morgan fingerprint density at radius 2 is 1.59 bits per heavy atom. The number of nitrogens with one attached hydrogen (secondary N) is 3. The maximum atomic E-state index is 13.5. The van der Waals surface area contributed by atoms with Gasteiger partial charge in [-0.15, -0.1) is 0 Å². The maximum absolute atomic E-state index is 13.5. The van der Waals surface area contributed by atoms with Crippen LogP contribution in [-0.2, 0) is 35.6 Å². The molecular weight excluding hydrogens is 713 g/mol. The van der Waals surface area contributed by atoms with Gasteiger partial charge in [0.15, 0.2) is 5.78 Å². The Balaban J connectivity index is 1.32. The summed E-state index contributed by atoms with van der Waals surface area (Å²) in [5.41, 5.74) is 8.88. The Morgan fingerprint density at radius 3 is 2.22 bits per heavy atom. The van der Waals surface area contributed by atoms with Gasteiger partial charge < -0.3 is 31.7 Å². The van der Waals surface area contributed by atoms with Crippen LogP contribution in [0.2, 0.25) is 0 Å². The molecule has 15 heteroatoms. The summed E-state index contributed by atoms with van der Waals surface area (Å²) in [5, 5.41) is 17.9. The molecule has 6 N–H and O–H groups in total. The molecule has 4 rings (SSSR count). The Kier molecular flexibility index (Phi) is 14.5. The van der Waals surface area contributed by atoms with E-state index in [-0.39, 0.29) is 61.2 Å². The first-order valence-electron chi connectivity index (χ1n) is 17.9. The van der Waals surface area contributed by atoms with Gasteiger partial charge in [-0.1, -0.05) is 62.4 Å². The van der Waals surface area contributed by atoms with Crippen LogP contribution in [0.1, 0.15) is 57.1 Å². The molecule has 4 atom stereocenters. The number of carbonyl (C=O) groups excluding carboxylic acids is 4. The number of Topliss-reactive ketones (excluding diaryl/α,β-unsaturated/α-hetero) is 1. The lowest BCUT2D eigenvalue weighted by Gasteiger charge is -2.29. The molecule has 290 valence electrons. The van der Waals surface area contributed by atoms with E-state index in [4.69, 9.17) is 5.73 Å². The molecule has 0 radical (unpaired) electrons. The van der Waals surface area contributed by atoms with E-state index in [1.807, 2.05) is 39.0 Å². The number of anilines is 2. The molecule has 0 bridgehead atoms. The highest BCUT2D eigenvalue weighted by Gasteiger charge is 2.43. The highest BCUT2D eigenvalue weighted by molar-refractivity contribution is 7.89. The van der Waals surface area contributed by atoms with E-state index in [1.165, 1.54) is 17.0 Å². The fraction of sp³-hybridized carbons (Fsp3) is 0.410. The van der Waals surface area contributed by atoms with Crippen LogP contribution < -0.4 is 21.7 Å². The molecule has 1 aliphatic rings. The van der Waals surface area contributed by atoms with Crippen molar-refractivity contribution in [1.29, 1.82) is 0 Å². The number of para-hydroxylation sites is 1. The molecule has 14 nitrogen and oxygen atoms in total. The first-order valence-corrected chi connectivity index (χ1v) is 19.4. The third kappa shape index (κ3) is 11.2. The molecule has 1 aliphatic heterocycles. The summed E-state index contributed by atoms with van der Waals surface area (Å²) in [5.74, 6) is -2.55. The van der Waals surface area contributed by atoms with E-state index in [9.17, 15) is 37.5 Å². The number of nitrogens with two attached hydrogens (primary N) is 1. The fourth-order valence-electron chi connectivity index (χ4n) is 6.37. The van der Waals surface area contributed by atoms with Crippen molar-refractivity contribution in [2.45, 2.75) is 88.4 Å². The lowest BCUT2D eigenvalue weighted by atomic mass is 9.95. The number of likely N-dealkylation sites (N-methyl/N-ethyl adjacent to an activating group) is 1. The van der Waals surface area contributed by atoms with Crippen molar-refractivity contribution in [2.24, 2.45) is 11.7 Å². The summed E-state index contributed by atoms with van der Waals surface area (Å²) in [6.07, 6.45) is 0.409. The van der Waals surface area contributed by atoms with Gasteiger partial charge in [-0.3, -0.25) is 14.4 Å². The van der Waals surface area contributed by atoms with E-state index < -0.39 is 52.1 Å². The maximum Gasteiger partial charge on any atom is 0.326 e. The van der Waals surface area contributed by atoms with Crippen molar-refractivity contribution < 1.29 is 37.5 Å². The summed E-state index contributed by atoms with van der Waals surface area (Å²) in [7, 11) is -2.50. The number of aryl methyl sites for hydroxylation is 1. The highest BCUT2D eigenvalue weighted by atomic mass is 32.2. The summed E-state index contributed by atoms with van der Waals surface area (Å²) in [4.78, 5) is 66.3. The topological polar surface area (TPSA) is 208 Å². The van der Waals surface area contributed by atoms with Gasteiger partial charge in [0.25, 0.3) is 0 Å². The Labute approximate surface area is 316 Å². The average molecular weight is 763 g/mol. The minimum absolute atomic E-state index is 0.00420. The highest BCUT2D eigenvalue weighted by Crippen LogP contribution is 2.26. The van der Waals surface area contributed by atoms with Crippen LogP contribution in [0.5, 0.6) is 0 Å². The zero-order valence-electron chi connectivity index (χ0n) is 31.0. The number of ketones is 1. The summed E-state index contributed by atoms with van der Waals surface area (Å²) in [6.45, 7) is 5.67. The van der Waals surface area contributed by atoms with Crippen LogP contribution in [0.25, 0.3) is 0 Å². The van der Waals surface area contributed by atoms with Crippen molar-refractivity contribution >= 4 is 51.0 Å². The lowest BCUT2D eigenvalue weighted by molar-refractivity contribution is -0.142. The number of carbonyl (C=O) groups is 5. The van der Waals surface area contributed by atoms with Gasteiger partial charge in [-0.2, -0.15) is 4.31 Å². The van der Waals surface area contributed by atoms with Gasteiger partial charge in [-0.05, 0) is 80.0 Å². The van der Waals surface area contributed by atoms with Gasteiger partial charge in [0, 0.05) is 37.4 Å². The predicted molar refractivity (Wildman–Crippen MR) is 205 cm³/mol. The third-order valence-corrected chi connectivity index (χ3v) is 11.2. The van der Waals surface area contributed by atoms with Gasteiger partial charge in [-0.25, -0.2) is 18.0 Å². The number of hydrogen-bond donors (Lipinski definition) is 5. The number of rotatable bonds is 17. The van der Waals surface area contributed by atoms with Crippen LogP contribution in [0, 0.1) is 12.8 Å². The minimum atomic E-state index is -4.07. The Hall–Kier alpha value is -5.12. The van der Waals surface area contributed by atoms with Crippen LogP contribution in [-0.4, -0.2) is 90.1 Å². The number of carboxylic acid groups (broad SMARTS) is 1. The number of sulfonamides is 1. The average Bonchev–Trinajstić information content (AvgIpc) is 3.54. The second kappa shape index (κ2) is 18.8. The molecule has 0 aliphatic carbocycles. The van der Waals surface area contributed by atoms with Gasteiger partial charge >= 0.3 is 12.0 Å². The van der Waals surface area contributed by atoms with Crippen molar-refractivity contribution in [2.75, 3.05) is 24.2 Å². The zero-order chi connectivity index (χ0) is 39.6. The zero-order valence-corrected chi connectivity index (χ0v) is 31.8. The second-order valence-corrected chi connectivity index (χ2v) is 16.0. The van der Waals surface area contributed by atoms with Crippen LogP contribution in [0.3, 0.4) is 0 Å². The molecule has 0 spiro atoms. The lowest BCUT2D eigenvalue weighted by Crippen LogP contribution is -2.50. The first-order chi connectivity index (χ1) is 25.6. The van der Waals surface area contributed by atoms with Crippen LogP contribution >= 0.6 is 0 Å². The van der Waals surface area contributed by atoms with Gasteiger partial charge in [0.1, 0.15) is 12.1 Å². The van der Waals surface area contributed by atoms with Crippen LogP contribution in [0.4, 0.5) is 16.2 Å². The molecular formula is C39H50N6O8S. The van der Waals surface area contributed by atoms with Crippen molar-refractivity contribution in [3.05, 3.63) is 90.0 Å². The van der Waals surface area contributed by atoms with Crippen molar-refractivity contribution in [3.63, 3.8) is 0 Å². The summed E-state index contributed by atoms with van der Waals surface area (Å²) in [6, 6.07) is 17.5. The largest absolute Gasteiger partial charge is 0.480 e. The standard InChI is InChI=1S/C39H50N6O8S/c1-25(2)21-33(44(4)36(47)22-27-17-19-29(20-18-27)41-39(51)43-31-14-9-8-11-26(31)3)35(46)16-10-15-32(38(49)50)42-37(48)34-23-28(40)24-45(34)54(52,53)30-12-6-5-7-13-30/h5-9,11-14,17-20,25,28,32-34H,10,15-16,21-24,40H2,1-4H3,(H,42,48)(H,49,50)(H2,41,43,51)/t28-,32+,33+,34+/m1/s1. The Bertz CT molecular complexity index is 1910. The molecule has 0 unspecified atom stereocenters. The fourth-order valence-corrected chi connectivity index (χ4v) is 8.05. The molecule has 3 aromatic rings. The number of benzene rings is 3. The summed E-state index contributed by atoms with van der Waals surface area (Å²) >= 11 is 0. The molecule has 0 saturated carbocycles. The SMILES string of the molecule is Cc1ccccc1NC(=O)Nc1ccc(CC(=O)N(C)[C@@H](CC(C)C)C(=O)CCC[C@H](NC(=O)[C@@H]2C[C@@H](N)CN2S(=O)(=O)c2ccccc2)C(=O)O)cc1. The number of urea groups is 1. The van der Waals surface area contributed by atoms with E-state index in [0.717, 1.165) is 9.87 Å². The van der Waals surface area contributed by atoms with Gasteiger partial charge in [0.05, 0.1) is 17.4 Å². The number of carboxylic acids is 1. The third-order valence-electron chi connectivity index (χ3n) is 9.36. The molecule has 1 saturated heterocycles. The monoisotopic (exact) mass is 762 g/mol. The van der Waals surface area contributed by atoms with Crippen molar-refractivity contribution in [1.82, 2.24) is 14.5 Å². The van der Waals surface area contributed by atoms with E-state index >= 15 is 0 Å². The predicted octanol–water partition coefficient (Wildman–Crippen LogP) is 4.15. The molecule has 1 fully saturated rings. The molecule has 3 aromatic carbocycles. The normalized spacial score (nSPS) is 17.0. The number of aliphatic carboxylic acids is 1. The second-order valence-electron chi connectivity index (χ2n) is 14.1. The first kappa shape index (κ1) is 41.6. The number of amides is 4. The number of hydrogen-bond acceptors (Lipinski definition) is 8. The van der Waals surface area contributed by atoms with E-state index in [1.54, 1.807) is 55.6 Å². The Morgan fingerprint density at radius 1 is 0.944 bits per heavy atom. The molecule has 4 amide bonds.